The average molecular weight is 326 g/mol. The topological polar surface area (TPSA) is 29.5 Å². The van der Waals surface area contributed by atoms with Crippen LogP contribution in [0.5, 0.6) is 5.75 Å². The zero-order valence-corrected chi connectivity index (χ0v) is 13.1. The third kappa shape index (κ3) is 3.80. The summed E-state index contributed by atoms with van der Waals surface area (Å²) in [5.41, 5.74) is 0.647. The number of carbonyl (C=O) groups is 1. The molecule has 1 aliphatic heterocycles. The Kier molecular flexibility index (Phi) is 4.99. The van der Waals surface area contributed by atoms with Gasteiger partial charge in [0.15, 0.2) is 5.78 Å². The highest BCUT2D eigenvalue weighted by atomic mass is 79.9. The Labute approximate surface area is 123 Å². The molecule has 0 bridgehead atoms. The number of halogens is 1. The lowest BCUT2D eigenvalue weighted by molar-refractivity contribution is 0.101. The Hall–Kier alpha value is -0.870. The van der Waals surface area contributed by atoms with Crippen LogP contribution in [-0.4, -0.2) is 36.9 Å². The molecule has 0 N–H and O–H groups in total. The molecule has 4 heteroatoms. The van der Waals surface area contributed by atoms with E-state index in [0.29, 0.717) is 24.0 Å². The van der Waals surface area contributed by atoms with Gasteiger partial charge in [-0.2, -0.15) is 0 Å². The van der Waals surface area contributed by atoms with Crippen molar-refractivity contribution in [3.63, 3.8) is 0 Å². The second-order valence-corrected chi connectivity index (χ2v) is 6.03. The molecule has 1 unspecified atom stereocenters. The Bertz CT molecular complexity index is 461. The van der Waals surface area contributed by atoms with E-state index in [-0.39, 0.29) is 5.78 Å². The highest BCUT2D eigenvalue weighted by Gasteiger charge is 2.20. The molecule has 0 spiro atoms. The fraction of sp³-hybridized carbons (Fsp3) is 0.533. The van der Waals surface area contributed by atoms with Gasteiger partial charge in [0.25, 0.3) is 0 Å². The fourth-order valence-corrected chi connectivity index (χ4v) is 2.91. The minimum atomic E-state index is 0.0364. The lowest BCUT2D eigenvalue weighted by Gasteiger charge is -2.19. The minimum absolute atomic E-state index is 0.0364. The number of nitrogens with zero attached hydrogens (tertiary/aromatic N) is 1. The lowest BCUT2D eigenvalue weighted by atomic mass is 10.1. The van der Waals surface area contributed by atoms with Gasteiger partial charge in [-0.05, 0) is 58.0 Å². The van der Waals surface area contributed by atoms with Crippen molar-refractivity contribution in [2.75, 3.05) is 20.2 Å². The summed E-state index contributed by atoms with van der Waals surface area (Å²) >= 11 is 3.38. The molecule has 1 fully saturated rings. The highest BCUT2D eigenvalue weighted by molar-refractivity contribution is 9.10. The number of ether oxygens (including phenoxy) is 1. The van der Waals surface area contributed by atoms with E-state index in [9.17, 15) is 4.79 Å². The van der Waals surface area contributed by atoms with Gasteiger partial charge in [-0.3, -0.25) is 4.79 Å². The first-order valence-electron chi connectivity index (χ1n) is 6.71. The first-order valence-corrected chi connectivity index (χ1v) is 7.51. The van der Waals surface area contributed by atoms with Crippen LogP contribution in [-0.2, 0) is 0 Å². The smallest absolute Gasteiger partial charge is 0.163 e. The molecule has 3 nitrogen and oxygen atoms in total. The third-order valence-corrected chi connectivity index (χ3v) is 4.19. The average Bonchev–Trinajstić information content (AvgIpc) is 2.77. The van der Waals surface area contributed by atoms with Crippen LogP contribution in [0.15, 0.2) is 22.7 Å². The molecule has 1 heterocycles. The van der Waals surface area contributed by atoms with E-state index in [1.54, 1.807) is 6.92 Å². The molecule has 19 heavy (non-hydrogen) atoms. The number of hydrogen-bond acceptors (Lipinski definition) is 3. The van der Waals surface area contributed by atoms with Gasteiger partial charge in [0.2, 0.25) is 0 Å². The molecular formula is C15H20BrNO2. The van der Waals surface area contributed by atoms with Crippen LogP contribution in [0.1, 0.15) is 36.5 Å². The molecule has 0 radical (unpaired) electrons. The van der Waals surface area contributed by atoms with Gasteiger partial charge in [0.05, 0.1) is 12.2 Å². The Morgan fingerprint density at radius 2 is 2.32 bits per heavy atom. The van der Waals surface area contributed by atoms with Crippen LogP contribution >= 0.6 is 15.9 Å². The predicted octanol–water partition coefficient (Wildman–Crippen LogP) is 3.51. The maximum atomic E-state index is 11.6. The fourth-order valence-electron chi connectivity index (χ4n) is 2.55. The molecule has 1 aromatic rings. The summed E-state index contributed by atoms with van der Waals surface area (Å²) in [5.74, 6) is 0.727. The van der Waals surface area contributed by atoms with Crippen molar-refractivity contribution in [1.82, 2.24) is 4.90 Å². The molecule has 2 rings (SSSR count). The van der Waals surface area contributed by atoms with Gasteiger partial charge in [-0.15, -0.1) is 0 Å². The molecule has 1 atom stereocenters. The van der Waals surface area contributed by atoms with Crippen LogP contribution in [0.2, 0.25) is 0 Å². The zero-order chi connectivity index (χ0) is 13.8. The monoisotopic (exact) mass is 325 g/mol. The number of hydrogen-bond donors (Lipinski definition) is 0. The van der Waals surface area contributed by atoms with E-state index in [1.807, 2.05) is 18.2 Å². The van der Waals surface area contributed by atoms with E-state index in [0.717, 1.165) is 10.9 Å². The van der Waals surface area contributed by atoms with E-state index in [1.165, 1.54) is 19.4 Å². The molecule has 1 aliphatic rings. The van der Waals surface area contributed by atoms with Crippen LogP contribution in [0, 0.1) is 0 Å². The number of rotatable bonds is 5. The van der Waals surface area contributed by atoms with Crippen LogP contribution in [0.3, 0.4) is 0 Å². The second kappa shape index (κ2) is 6.53. The standard InChI is InChI=1S/C15H20BrNO2/c1-11(18)14-10-12(16)5-6-15(14)19-9-7-13-4-3-8-17(13)2/h5-6,10,13H,3-4,7-9H2,1-2H3. The summed E-state index contributed by atoms with van der Waals surface area (Å²) in [7, 11) is 2.16. The van der Waals surface area contributed by atoms with E-state index in [4.69, 9.17) is 4.74 Å². The van der Waals surface area contributed by atoms with Crippen molar-refractivity contribution >= 4 is 21.7 Å². The van der Waals surface area contributed by atoms with Gasteiger partial charge in [-0.1, -0.05) is 15.9 Å². The molecule has 0 aliphatic carbocycles. The summed E-state index contributed by atoms with van der Waals surface area (Å²) in [6.45, 7) is 3.41. The number of ketones is 1. The molecule has 0 aromatic heterocycles. The van der Waals surface area contributed by atoms with Gasteiger partial charge in [0.1, 0.15) is 5.75 Å². The van der Waals surface area contributed by atoms with Crippen molar-refractivity contribution in [1.29, 1.82) is 0 Å². The van der Waals surface area contributed by atoms with Gasteiger partial charge < -0.3 is 9.64 Å². The highest BCUT2D eigenvalue weighted by Crippen LogP contribution is 2.25. The number of benzene rings is 1. The molecule has 0 amide bonds. The van der Waals surface area contributed by atoms with Crippen molar-refractivity contribution in [3.8, 4) is 5.75 Å². The Morgan fingerprint density at radius 3 is 2.95 bits per heavy atom. The van der Waals surface area contributed by atoms with E-state index >= 15 is 0 Å². The summed E-state index contributed by atoms with van der Waals surface area (Å²) in [6, 6.07) is 6.21. The molecular weight excluding hydrogens is 306 g/mol. The molecule has 1 saturated heterocycles. The maximum Gasteiger partial charge on any atom is 0.163 e. The van der Waals surface area contributed by atoms with Crippen LogP contribution in [0.25, 0.3) is 0 Å². The normalized spacial score (nSPS) is 19.6. The van der Waals surface area contributed by atoms with Gasteiger partial charge >= 0.3 is 0 Å². The summed E-state index contributed by atoms with van der Waals surface area (Å²) in [6.07, 6.45) is 3.54. The summed E-state index contributed by atoms with van der Waals surface area (Å²) < 4.78 is 6.70. The Balaban J connectivity index is 1.94. The lowest BCUT2D eigenvalue weighted by Crippen LogP contribution is -2.26. The van der Waals surface area contributed by atoms with Crippen molar-refractivity contribution in [2.24, 2.45) is 0 Å². The third-order valence-electron chi connectivity index (χ3n) is 3.70. The molecule has 1 aromatic carbocycles. The number of Topliss-reactive ketones (excluding diaryl/α,β-unsaturated/α-hetero) is 1. The predicted molar refractivity (Wildman–Crippen MR) is 79.9 cm³/mol. The number of carbonyl (C=O) groups excluding carboxylic acids is 1. The van der Waals surface area contributed by atoms with Crippen molar-refractivity contribution in [3.05, 3.63) is 28.2 Å². The Morgan fingerprint density at radius 1 is 1.53 bits per heavy atom. The van der Waals surface area contributed by atoms with E-state index < -0.39 is 0 Å². The SMILES string of the molecule is CC(=O)c1cc(Br)ccc1OCCC1CCCN1C. The van der Waals surface area contributed by atoms with E-state index in [2.05, 4.69) is 27.9 Å². The van der Waals surface area contributed by atoms with Crippen LogP contribution in [0.4, 0.5) is 0 Å². The molecule has 0 saturated carbocycles. The quantitative estimate of drug-likeness (QED) is 0.776. The summed E-state index contributed by atoms with van der Waals surface area (Å²) in [5, 5.41) is 0. The second-order valence-electron chi connectivity index (χ2n) is 5.11. The van der Waals surface area contributed by atoms with Crippen molar-refractivity contribution in [2.45, 2.75) is 32.2 Å². The van der Waals surface area contributed by atoms with Crippen LogP contribution < -0.4 is 4.74 Å². The van der Waals surface area contributed by atoms with Gasteiger partial charge in [0, 0.05) is 10.5 Å². The number of likely N-dealkylation sites (tertiary alicyclic amines) is 1. The zero-order valence-electron chi connectivity index (χ0n) is 11.5. The van der Waals surface area contributed by atoms with Crippen molar-refractivity contribution < 1.29 is 9.53 Å². The first-order chi connectivity index (χ1) is 9.08. The van der Waals surface area contributed by atoms with Gasteiger partial charge in [-0.25, -0.2) is 0 Å². The molecule has 104 valence electrons. The maximum absolute atomic E-state index is 11.6. The largest absolute Gasteiger partial charge is 0.493 e. The first kappa shape index (κ1) is 14.5. The minimum Gasteiger partial charge on any atom is -0.493 e. The summed E-state index contributed by atoms with van der Waals surface area (Å²) in [4.78, 5) is 14.0.